The summed E-state index contributed by atoms with van der Waals surface area (Å²) in [5.41, 5.74) is 3.44. The fraction of sp³-hybridized carbons (Fsp3) is 0.176. The molecule has 1 aliphatic rings. The Morgan fingerprint density at radius 3 is 2.55 bits per heavy atom. The zero-order chi connectivity index (χ0) is 21.8. The van der Waals surface area contributed by atoms with Crippen molar-refractivity contribution >= 4 is 41.4 Å². The quantitative estimate of drug-likeness (QED) is 0.370. The van der Waals surface area contributed by atoms with E-state index in [9.17, 15) is 16.8 Å². The monoisotopic (exact) mass is 477 g/mol. The smallest absolute Gasteiger partial charge is 0.240 e. The number of thiazole rings is 1. The van der Waals surface area contributed by atoms with Gasteiger partial charge < -0.3 is 5.32 Å². The molecule has 4 N–H and O–H groups in total. The number of nitrogens with zero attached hydrogens (tertiary/aromatic N) is 4. The van der Waals surface area contributed by atoms with E-state index in [1.807, 2.05) is 6.07 Å². The Labute approximate surface area is 180 Å². The van der Waals surface area contributed by atoms with Crippen molar-refractivity contribution in [2.45, 2.75) is 15.0 Å². The molecular weight excluding hydrogens is 462 g/mol. The van der Waals surface area contributed by atoms with Crippen LogP contribution in [0.1, 0.15) is 0 Å². The summed E-state index contributed by atoms with van der Waals surface area (Å²) < 4.78 is 52.7. The highest BCUT2D eigenvalue weighted by molar-refractivity contribution is 7.94. The van der Waals surface area contributed by atoms with Crippen LogP contribution in [0.3, 0.4) is 0 Å². The van der Waals surface area contributed by atoms with E-state index in [1.54, 1.807) is 23.7 Å². The first-order valence-corrected chi connectivity index (χ1v) is 13.0. The van der Waals surface area contributed by atoms with Crippen molar-refractivity contribution in [2.75, 3.05) is 13.1 Å². The second kappa shape index (κ2) is 7.13. The lowest BCUT2D eigenvalue weighted by Crippen LogP contribution is -2.51. The summed E-state index contributed by atoms with van der Waals surface area (Å²) >= 11 is 1.47. The molecule has 160 valence electrons. The highest BCUT2D eigenvalue weighted by Crippen LogP contribution is 2.40. The number of H-pyrrole nitrogens is 1. The number of tetrazole rings is 1. The van der Waals surface area contributed by atoms with Gasteiger partial charge in [-0.05, 0) is 39.8 Å². The molecule has 0 amide bonds. The van der Waals surface area contributed by atoms with Crippen molar-refractivity contribution in [2.24, 2.45) is 5.14 Å². The van der Waals surface area contributed by atoms with Gasteiger partial charge in [0.05, 0.1) is 25.9 Å². The topological polar surface area (TPSA) is 174 Å². The molecule has 4 aromatic rings. The molecule has 1 aliphatic heterocycles. The predicted molar refractivity (Wildman–Crippen MR) is 113 cm³/mol. The summed E-state index contributed by atoms with van der Waals surface area (Å²) in [5, 5.41) is 21.1. The maximum absolute atomic E-state index is 13.2. The van der Waals surface area contributed by atoms with Gasteiger partial charge in [0.2, 0.25) is 10.0 Å². The second-order valence-electron chi connectivity index (χ2n) is 6.97. The summed E-state index contributed by atoms with van der Waals surface area (Å²) in [6, 6.07) is 8.25. The maximum atomic E-state index is 13.2. The normalized spacial score (nSPS) is 15.3. The predicted octanol–water partition coefficient (Wildman–Crippen LogP) is 0.536. The molecule has 0 bridgehead atoms. The SMILES string of the molecule is NS(=O)(=O)c1c(S(=O)(=O)C2CNC2)ccc(-c2ccc3scnc3c2)c1-c1nnn[nH]1. The van der Waals surface area contributed by atoms with Crippen LogP contribution in [0.15, 0.2) is 45.6 Å². The Hall–Kier alpha value is -2.78. The van der Waals surface area contributed by atoms with Gasteiger partial charge >= 0.3 is 0 Å². The van der Waals surface area contributed by atoms with Gasteiger partial charge in [-0.15, -0.1) is 16.4 Å². The summed E-state index contributed by atoms with van der Waals surface area (Å²) in [5.74, 6) is -0.0128. The third-order valence-corrected chi connectivity index (χ3v) is 9.22. The number of benzene rings is 2. The maximum Gasteiger partial charge on any atom is 0.240 e. The number of sulfonamides is 1. The number of aromatic nitrogens is 5. The third kappa shape index (κ3) is 3.32. The summed E-state index contributed by atoms with van der Waals surface area (Å²) in [7, 11) is -8.45. The fourth-order valence-corrected chi connectivity index (χ4v) is 7.34. The molecule has 0 radical (unpaired) electrons. The number of hydrogen-bond acceptors (Lipinski definition) is 10. The fourth-order valence-electron chi connectivity index (χ4n) is 3.50. The number of nitrogens with two attached hydrogens (primary N) is 1. The molecule has 14 heteroatoms. The first-order valence-electron chi connectivity index (χ1n) is 8.99. The van der Waals surface area contributed by atoms with Crippen LogP contribution >= 0.6 is 11.3 Å². The van der Waals surface area contributed by atoms with E-state index >= 15 is 0 Å². The molecule has 2 aromatic heterocycles. The summed E-state index contributed by atoms with van der Waals surface area (Å²) in [4.78, 5) is 3.39. The van der Waals surface area contributed by atoms with Crippen molar-refractivity contribution in [3.8, 4) is 22.5 Å². The average Bonchev–Trinajstić information content (AvgIpc) is 3.35. The van der Waals surface area contributed by atoms with E-state index in [4.69, 9.17) is 5.14 Å². The van der Waals surface area contributed by atoms with Gasteiger partial charge in [0.15, 0.2) is 15.7 Å². The Bertz CT molecular complexity index is 1510. The van der Waals surface area contributed by atoms with Gasteiger partial charge in [-0.25, -0.2) is 32.1 Å². The molecular formula is C17H15N7O4S3. The molecule has 0 saturated carbocycles. The number of hydrogen-bond donors (Lipinski definition) is 3. The van der Waals surface area contributed by atoms with Crippen molar-refractivity contribution in [1.29, 1.82) is 0 Å². The molecule has 5 rings (SSSR count). The van der Waals surface area contributed by atoms with E-state index in [1.165, 1.54) is 17.4 Å². The number of primary sulfonamides is 1. The molecule has 0 spiro atoms. The van der Waals surface area contributed by atoms with E-state index in [2.05, 4.69) is 30.9 Å². The zero-order valence-electron chi connectivity index (χ0n) is 15.7. The van der Waals surface area contributed by atoms with Crippen molar-refractivity contribution in [1.82, 2.24) is 30.9 Å². The van der Waals surface area contributed by atoms with E-state index in [0.717, 1.165) is 10.2 Å². The number of rotatable bonds is 5. The largest absolute Gasteiger partial charge is 0.314 e. The molecule has 0 aliphatic carbocycles. The number of nitrogens with one attached hydrogen (secondary N) is 2. The van der Waals surface area contributed by atoms with Crippen LogP contribution in [0, 0.1) is 0 Å². The van der Waals surface area contributed by atoms with E-state index in [0.29, 0.717) is 11.1 Å². The van der Waals surface area contributed by atoms with Crippen molar-refractivity contribution in [3.05, 3.63) is 35.8 Å². The first kappa shape index (κ1) is 20.1. The minimum Gasteiger partial charge on any atom is -0.314 e. The zero-order valence-corrected chi connectivity index (χ0v) is 18.1. The van der Waals surface area contributed by atoms with Crippen molar-refractivity contribution < 1.29 is 16.8 Å². The first-order chi connectivity index (χ1) is 14.8. The van der Waals surface area contributed by atoms with Crippen LogP contribution in [0.4, 0.5) is 0 Å². The Morgan fingerprint density at radius 1 is 1.10 bits per heavy atom. The highest BCUT2D eigenvalue weighted by atomic mass is 32.2. The van der Waals surface area contributed by atoms with Crippen molar-refractivity contribution in [3.63, 3.8) is 0 Å². The van der Waals surface area contributed by atoms with Gasteiger partial charge in [-0.2, -0.15) is 0 Å². The van der Waals surface area contributed by atoms with Crippen LogP contribution < -0.4 is 10.5 Å². The lowest BCUT2D eigenvalue weighted by Gasteiger charge is -2.28. The second-order valence-corrected chi connectivity index (χ2v) is 11.6. The molecule has 31 heavy (non-hydrogen) atoms. The van der Waals surface area contributed by atoms with Gasteiger partial charge in [0, 0.05) is 18.7 Å². The average molecular weight is 478 g/mol. The van der Waals surface area contributed by atoms with Gasteiger partial charge in [0.1, 0.15) is 4.90 Å². The number of sulfone groups is 1. The van der Waals surface area contributed by atoms with E-state index in [-0.39, 0.29) is 29.4 Å². The Balaban J connectivity index is 1.86. The Kier molecular flexibility index (Phi) is 4.63. The molecule has 1 saturated heterocycles. The molecule has 11 nitrogen and oxygen atoms in total. The van der Waals surface area contributed by atoms with E-state index < -0.39 is 30.0 Å². The standard InChI is InChI=1S/C17H15N7O4S3/c18-31(27,28)16-14(30(25,26)10-6-19-7-10)4-2-11(15(16)17-21-23-24-22-17)9-1-3-13-12(5-9)20-8-29-13/h1-5,8,10,19H,6-7H2,(H2,18,27,28)(H,21,22,23,24). The van der Waals surface area contributed by atoms with Crippen LogP contribution in [0.25, 0.3) is 32.7 Å². The lowest BCUT2D eigenvalue weighted by molar-refractivity contribution is 0.493. The molecule has 0 unspecified atom stereocenters. The molecule has 1 fully saturated rings. The van der Waals surface area contributed by atoms with Gasteiger partial charge in [-0.3, -0.25) is 0 Å². The number of aromatic amines is 1. The summed E-state index contributed by atoms with van der Waals surface area (Å²) in [6.07, 6.45) is 0. The third-order valence-electron chi connectivity index (χ3n) is 5.12. The lowest BCUT2D eigenvalue weighted by atomic mass is 9.99. The van der Waals surface area contributed by atoms with Crippen LogP contribution in [-0.2, 0) is 19.9 Å². The van der Waals surface area contributed by atoms with Crippen LogP contribution in [0.2, 0.25) is 0 Å². The minimum atomic E-state index is -4.48. The molecule has 2 aromatic carbocycles. The molecule has 0 atom stereocenters. The summed E-state index contributed by atoms with van der Waals surface area (Å²) in [6.45, 7) is 0.460. The van der Waals surface area contributed by atoms with Gasteiger partial charge in [0.25, 0.3) is 0 Å². The van der Waals surface area contributed by atoms with Crippen LogP contribution in [0.5, 0.6) is 0 Å². The number of fused-ring (bicyclic) bond motifs is 1. The van der Waals surface area contributed by atoms with Gasteiger partial charge in [-0.1, -0.05) is 12.1 Å². The Morgan fingerprint density at radius 2 is 1.90 bits per heavy atom. The van der Waals surface area contributed by atoms with Crippen LogP contribution in [-0.4, -0.2) is 60.8 Å². The highest BCUT2D eigenvalue weighted by Gasteiger charge is 2.38. The minimum absolute atomic E-state index is 0.00422. The molecule has 3 heterocycles.